The summed E-state index contributed by atoms with van der Waals surface area (Å²) in [6, 6.07) is 15.5. The topological polar surface area (TPSA) is 83.8 Å². The average Bonchev–Trinajstić information content (AvgIpc) is 3.02. The fourth-order valence-electron chi connectivity index (χ4n) is 2.94. The quantitative estimate of drug-likeness (QED) is 0.446. The Balaban J connectivity index is 1.85. The van der Waals surface area contributed by atoms with Gasteiger partial charge in [0.1, 0.15) is 0 Å². The number of rotatable bonds is 6. The third kappa shape index (κ3) is 4.20. The van der Waals surface area contributed by atoms with Crippen molar-refractivity contribution in [3.63, 3.8) is 0 Å². The lowest BCUT2D eigenvalue weighted by Crippen LogP contribution is -2.41. The highest BCUT2D eigenvalue weighted by Gasteiger charge is 2.30. The molecule has 0 atom stereocenters. The highest BCUT2D eigenvalue weighted by atomic mass is 16.6. The van der Waals surface area contributed by atoms with E-state index in [1.165, 1.54) is 19.1 Å². The van der Waals surface area contributed by atoms with Crippen LogP contribution in [0.15, 0.2) is 60.2 Å². The first-order valence-electron chi connectivity index (χ1n) is 8.54. The lowest BCUT2D eigenvalue weighted by molar-refractivity contribution is -0.384. The summed E-state index contributed by atoms with van der Waals surface area (Å²) in [5.41, 5.74) is 2.01. The van der Waals surface area contributed by atoms with Gasteiger partial charge >= 0.3 is 0 Å². The molecule has 138 valence electrons. The molecule has 1 heterocycles. The second-order valence-electron chi connectivity index (χ2n) is 6.23. The van der Waals surface area contributed by atoms with Crippen molar-refractivity contribution < 1.29 is 14.5 Å². The minimum Gasteiger partial charge on any atom is -0.295 e. The summed E-state index contributed by atoms with van der Waals surface area (Å²) in [7, 11) is 0. The Morgan fingerprint density at radius 2 is 1.81 bits per heavy atom. The maximum absolute atomic E-state index is 12.4. The first-order valence-corrected chi connectivity index (χ1v) is 8.54. The Labute approximate surface area is 156 Å². The van der Waals surface area contributed by atoms with Crippen LogP contribution in [0, 0.1) is 10.1 Å². The van der Waals surface area contributed by atoms with Crippen molar-refractivity contribution in [1.82, 2.24) is 5.01 Å². The lowest BCUT2D eigenvalue weighted by atomic mass is 10.1. The van der Waals surface area contributed by atoms with Gasteiger partial charge in [0.05, 0.1) is 17.2 Å². The van der Waals surface area contributed by atoms with Gasteiger partial charge in [-0.15, -0.1) is 0 Å². The molecule has 2 aromatic carbocycles. The molecule has 1 aliphatic rings. The van der Waals surface area contributed by atoms with E-state index in [0.717, 1.165) is 5.69 Å². The van der Waals surface area contributed by atoms with Crippen LogP contribution >= 0.6 is 0 Å². The number of ketones is 1. The number of nitro benzene ring substituents is 1. The number of amides is 1. The molecule has 1 saturated heterocycles. The average molecular weight is 365 g/mol. The third-order valence-electron chi connectivity index (χ3n) is 4.39. The van der Waals surface area contributed by atoms with E-state index in [4.69, 9.17) is 0 Å². The minimum atomic E-state index is -0.472. The minimum absolute atomic E-state index is 0.0125. The van der Waals surface area contributed by atoms with Crippen LogP contribution in [0.25, 0.3) is 6.08 Å². The summed E-state index contributed by atoms with van der Waals surface area (Å²) in [5.74, 6) is -0.198. The van der Waals surface area contributed by atoms with Crippen LogP contribution in [0.2, 0.25) is 0 Å². The number of benzene rings is 2. The number of hydrazine groups is 1. The predicted octanol–water partition coefficient (Wildman–Crippen LogP) is 3.22. The molecule has 0 aromatic heterocycles. The number of carbonyl (C=O) groups excluding carboxylic acids is 2. The van der Waals surface area contributed by atoms with E-state index in [1.54, 1.807) is 23.2 Å². The molecule has 0 N–H and O–H groups in total. The number of hydrogen-bond acceptors (Lipinski definition) is 5. The van der Waals surface area contributed by atoms with Crippen LogP contribution in [0.5, 0.6) is 0 Å². The number of anilines is 1. The molecule has 0 bridgehead atoms. The molecule has 7 nitrogen and oxygen atoms in total. The van der Waals surface area contributed by atoms with Crippen molar-refractivity contribution in [3.05, 3.63) is 75.8 Å². The van der Waals surface area contributed by atoms with Gasteiger partial charge in [-0.05, 0) is 42.8 Å². The van der Waals surface area contributed by atoms with Gasteiger partial charge in [-0.3, -0.25) is 24.7 Å². The molecule has 0 spiro atoms. The Bertz CT molecular complexity index is 891. The number of hydrogen-bond donors (Lipinski definition) is 0. The molecule has 3 rings (SSSR count). The number of para-hydroxylation sites is 1. The van der Waals surface area contributed by atoms with Crippen molar-refractivity contribution in [2.75, 3.05) is 18.1 Å². The van der Waals surface area contributed by atoms with Crippen molar-refractivity contribution in [2.45, 2.75) is 13.3 Å². The highest BCUT2D eigenvalue weighted by molar-refractivity contribution is 5.99. The zero-order valence-electron chi connectivity index (χ0n) is 14.9. The van der Waals surface area contributed by atoms with Gasteiger partial charge in [0, 0.05) is 30.7 Å². The van der Waals surface area contributed by atoms with Gasteiger partial charge in [0.25, 0.3) is 5.69 Å². The zero-order chi connectivity index (χ0) is 19.4. The maximum atomic E-state index is 12.4. The largest absolute Gasteiger partial charge is 0.295 e. The van der Waals surface area contributed by atoms with Crippen molar-refractivity contribution >= 4 is 29.1 Å². The normalized spacial score (nSPS) is 14.6. The number of non-ortho nitro benzene ring substituents is 1. The van der Waals surface area contributed by atoms with E-state index in [-0.39, 0.29) is 23.9 Å². The molecule has 1 aliphatic heterocycles. The van der Waals surface area contributed by atoms with Crippen LogP contribution in [0.1, 0.15) is 18.9 Å². The van der Waals surface area contributed by atoms with Crippen molar-refractivity contribution in [3.8, 4) is 0 Å². The third-order valence-corrected chi connectivity index (χ3v) is 4.39. The van der Waals surface area contributed by atoms with Gasteiger partial charge in [-0.25, -0.2) is 5.01 Å². The van der Waals surface area contributed by atoms with Gasteiger partial charge < -0.3 is 0 Å². The summed E-state index contributed by atoms with van der Waals surface area (Å²) in [4.78, 5) is 34.8. The number of nitro groups is 1. The van der Waals surface area contributed by atoms with Crippen molar-refractivity contribution in [1.29, 1.82) is 0 Å². The SMILES string of the molecule is CC(=O)/C(=C/c1ccc([N+](=O)[O-])cc1)CN1C(=O)CCN1c1ccccc1. The fourth-order valence-corrected chi connectivity index (χ4v) is 2.94. The molecular formula is C20H19N3O4. The van der Waals surface area contributed by atoms with E-state index in [2.05, 4.69) is 0 Å². The molecular weight excluding hydrogens is 346 g/mol. The van der Waals surface area contributed by atoms with Crippen LogP contribution in [0.4, 0.5) is 11.4 Å². The first-order chi connectivity index (χ1) is 13.0. The van der Waals surface area contributed by atoms with Gasteiger partial charge in [-0.2, -0.15) is 0 Å². The first kappa shape index (κ1) is 18.3. The van der Waals surface area contributed by atoms with Gasteiger partial charge in [0.2, 0.25) is 5.91 Å². The fraction of sp³-hybridized carbons (Fsp3) is 0.200. The summed E-state index contributed by atoms with van der Waals surface area (Å²) in [6.07, 6.45) is 2.05. The Kier molecular flexibility index (Phi) is 5.30. The number of carbonyl (C=O) groups is 2. The molecule has 0 saturated carbocycles. The second-order valence-corrected chi connectivity index (χ2v) is 6.23. The molecule has 1 amide bonds. The maximum Gasteiger partial charge on any atom is 0.269 e. The van der Waals surface area contributed by atoms with Crippen LogP contribution in [0.3, 0.4) is 0 Å². The number of Topliss-reactive ketones (excluding diaryl/α,β-unsaturated/α-hetero) is 1. The molecule has 0 aliphatic carbocycles. The molecule has 2 aromatic rings. The predicted molar refractivity (Wildman–Crippen MR) is 102 cm³/mol. The highest BCUT2D eigenvalue weighted by Crippen LogP contribution is 2.24. The van der Waals surface area contributed by atoms with Crippen LogP contribution in [-0.4, -0.2) is 34.7 Å². The second kappa shape index (κ2) is 7.82. The Hall–Kier alpha value is -3.48. The van der Waals surface area contributed by atoms with E-state index in [9.17, 15) is 19.7 Å². The lowest BCUT2D eigenvalue weighted by Gasteiger charge is -2.30. The molecule has 1 fully saturated rings. The van der Waals surface area contributed by atoms with Crippen molar-refractivity contribution in [2.24, 2.45) is 0 Å². The summed E-state index contributed by atoms with van der Waals surface area (Å²) in [6.45, 7) is 2.16. The summed E-state index contributed by atoms with van der Waals surface area (Å²) in [5, 5.41) is 14.2. The Morgan fingerprint density at radius 3 is 2.41 bits per heavy atom. The van der Waals surface area contributed by atoms with Crippen LogP contribution < -0.4 is 5.01 Å². The summed E-state index contributed by atoms with van der Waals surface area (Å²) < 4.78 is 0. The molecule has 0 unspecified atom stereocenters. The van der Waals surface area contributed by atoms with E-state index in [1.807, 2.05) is 35.3 Å². The van der Waals surface area contributed by atoms with Gasteiger partial charge in [0.15, 0.2) is 5.78 Å². The monoisotopic (exact) mass is 365 g/mol. The Morgan fingerprint density at radius 1 is 1.15 bits per heavy atom. The number of nitrogens with zero attached hydrogens (tertiary/aromatic N) is 3. The molecule has 7 heteroatoms. The van der Waals surface area contributed by atoms with E-state index < -0.39 is 4.92 Å². The van der Waals surface area contributed by atoms with Gasteiger partial charge in [-0.1, -0.05) is 18.2 Å². The van der Waals surface area contributed by atoms with E-state index in [0.29, 0.717) is 24.1 Å². The smallest absolute Gasteiger partial charge is 0.269 e. The van der Waals surface area contributed by atoms with E-state index >= 15 is 0 Å². The molecule has 0 radical (unpaired) electrons. The van der Waals surface area contributed by atoms with Crippen LogP contribution in [-0.2, 0) is 9.59 Å². The standard InChI is InChI=1S/C20H19N3O4/c1-15(24)17(13-16-7-9-19(10-8-16)23(26)27)14-22-20(25)11-12-21(22)18-5-3-2-4-6-18/h2-10,13H,11-12,14H2,1H3/b17-13+. The zero-order valence-corrected chi connectivity index (χ0v) is 14.9. The summed E-state index contributed by atoms with van der Waals surface area (Å²) >= 11 is 0. The molecule has 27 heavy (non-hydrogen) atoms.